The summed E-state index contributed by atoms with van der Waals surface area (Å²) in [6.45, 7) is 2.89. The maximum absolute atomic E-state index is 4.98. The van der Waals surface area contributed by atoms with Crippen LogP contribution in [0.15, 0.2) is 15.9 Å². The average molecular weight is 278 g/mol. The topological polar surface area (TPSA) is 21.3 Å². The van der Waals surface area contributed by atoms with E-state index in [4.69, 9.17) is 4.74 Å². The quantitative estimate of drug-likeness (QED) is 0.774. The Kier molecular flexibility index (Phi) is 6.43. The Morgan fingerprint density at radius 3 is 3.00 bits per heavy atom. The number of rotatable bonds is 7. The normalized spacial score (nSPS) is 10.7. The molecule has 0 aliphatic carbocycles. The van der Waals surface area contributed by atoms with Gasteiger partial charge >= 0.3 is 0 Å². The second-order valence-electron chi connectivity index (χ2n) is 3.07. The van der Waals surface area contributed by atoms with Crippen molar-refractivity contribution < 1.29 is 4.74 Å². The Labute approximate surface area is 97.8 Å². The highest BCUT2D eigenvalue weighted by molar-refractivity contribution is 9.10. The molecule has 2 nitrogen and oxygen atoms in total. The van der Waals surface area contributed by atoms with Crippen LogP contribution in [0.3, 0.4) is 0 Å². The molecule has 0 aromatic carbocycles. The van der Waals surface area contributed by atoms with E-state index in [0.29, 0.717) is 0 Å². The Morgan fingerprint density at radius 1 is 1.50 bits per heavy atom. The first kappa shape index (κ1) is 12.2. The third-order valence-corrected chi connectivity index (χ3v) is 3.85. The molecule has 0 aliphatic rings. The van der Waals surface area contributed by atoms with Gasteiger partial charge in [-0.2, -0.15) is 0 Å². The van der Waals surface area contributed by atoms with Crippen molar-refractivity contribution in [2.75, 3.05) is 20.3 Å². The van der Waals surface area contributed by atoms with Crippen LogP contribution in [-0.2, 0) is 11.3 Å². The smallest absolute Gasteiger partial charge is 0.0462 e. The van der Waals surface area contributed by atoms with Crippen LogP contribution in [-0.4, -0.2) is 20.3 Å². The lowest BCUT2D eigenvalue weighted by Crippen LogP contribution is -2.14. The van der Waals surface area contributed by atoms with Gasteiger partial charge < -0.3 is 10.1 Å². The molecule has 0 saturated heterocycles. The van der Waals surface area contributed by atoms with Crippen LogP contribution in [0, 0.1) is 0 Å². The van der Waals surface area contributed by atoms with E-state index >= 15 is 0 Å². The summed E-state index contributed by atoms with van der Waals surface area (Å²) in [5, 5.41) is 5.52. The molecule has 0 unspecified atom stereocenters. The first-order valence-electron chi connectivity index (χ1n) is 4.76. The van der Waals surface area contributed by atoms with Crippen molar-refractivity contribution in [3.8, 4) is 0 Å². The number of unbranched alkanes of at least 4 members (excludes halogenated alkanes) is 1. The number of hydrogen-bond donors (Lipinski definition) is 1. The van der Waals surface area contributed by atoms with Crippen molar-refractivity contribution in [1.82, 2.24) is 5.32 Å². The molecule has 1 N–H and O–H groups in total. The SMILES string of the molecule is COCCCCNCc1sccc1Br. The van der Waals surface area contributed by atoms with Gasteiger partial charge in [0.2, 0.25) is 0 Å². The standard InChI is InChI=1S/C10H16BrNOS/c1-13-6-3-2-5-12-8-10-9(11)4-7-14-10/h4,7,12H,2-3,5-6,8H2,1H3. The molecule has 0 bridgehead atoms. The van der Waals surface area contributed by atoms with Crippen molar-refractivity contribution in [2.45, 2.75) is 19.4 Å². The molecule has 14 heavy (non-hydrogen) atoms. The monoisotopic (exact) mass is 277 g/mol. The zero-order valence-electron chi connectivity index (χ0n) is 8.38. The summed E-state index contributed by atoms with van der Waals surface area (Å²) in [4.78, 5) is 1.37. The zero-order valence-corrected chi connectivity index (χ0v) is 10.8. The summed E-state index contributed by atoms with van der Waals surface area (Å²) in [5.74, 6) is 0. The van der Waals surface area contributed by atoms with E-state index in [1.54, 1.807) is 18.4 Å². The molecule has 0 saturated carbocycles. The summed E-state index contributed by atoms with van der Waals surface area (Å²) in [5.41, 5.74) is 0. The highest BCUT2D eigenvalue weighted by Gasteiger charge is 1.99. The van der Waals surface area contributed by atoms with E-state index in [2.05, 4.69) is 32.7 Å². The third kappa shape index (κ3) is 4.55. The average Bonchev–Trinajstić information content (AvgIpc) is 2.58. The fourth-order valence-corrected chi connectivity index (χ4v) is 2.61. The summed E-state index contributed by atoms with van der Waals surface area (Å²) >= 11 is 5.29. The molecule has 0 radical (unpaired) electrons. The maximum Gasteiger partial charge on any atom is 0.0462 e. The van der Waals surface area contributed by atoms with Crippen molar-refractivity contribution in [2.24, 2.45) is 0 Å². The molecule has 1 heterocycles. The third-order valence-electron chi connectivity index (χ3n) is 1.93. The summed E-state index contributed by atoms with van der Waals surface area (Å²) < 4.78 is 6.19. The predicted molar refractivity (Wildman–Crippen MR) is 64.8 cm³/mol. The van der Waals surface area contributed by atoms with Crippen molar-refractivity contribution >= 4 is 27.3 Å². The van der Waals surface area contributed by atoms with E-state index in [9.17, 15) is 0 Å². The molecular formula is C10H16BrNOS. The van der Waals surface area contributed by atoms with Gasteiger partial charge in [-0.1, -0.05) is 0 Å². The van der Waals surface area contributed by atoms with Crippen LogP contribution < -0.4 is 5.32 Å². The van der Waals surface area contributed by atoms with Crippen molar-refractivity contribution in [1.29, 1.82) is 0 Å². The molecular weight excluding hydrogens is 262 g/mol. The van der Waals surface area contributed by atoms with Gasteiger partial charge in [-0.15, -0.1) is 11.3 Å². The van der Waals surface area contributed by atoms with Gasteiger partial charge in [-0.25, -0.2) is 0 Å². The Bertz CT molecular complexity index is 252. The van der Waals surface area contributed by atoms with Crippen LogP contribution in [0.25, 0.3) is 0 Å². The summed E-state index contributed by atoms with van der Waals surface area (Å²) in [7, 11) is 1.75. The second kappa shape index (κ2) is 7.40. The highest BCUT2D eigenvalue weighted by atomic mass is 79.9. The maximum atomic E-state index is 4.98. The lowest BCUT2D eigenvalue weighted by atomic mass is 10.3. The van der Waals surface area contributed by atoms with Crippen LogP contribution in [0.4, 0.5) is 0 Å². The molecule has 0 amide bonds. The number of nitrogens with one attached hydrogen (secondary N) is 1. The Morgan fingerprint density at radius 2 is 2.36 bits per heavy atom. The van der Waals surface area contributed by atoms with Crippen LogP contribution in [0.1, 0.15) is 17.7 Å². The zero-order chi connectivity index (χ0) is 10.2. The fourth-order valence-electron chi connectivity index (χ4n) is 1.15. The molecule has 1 rings (SSSR count). The Balaban J connectivity index is 2.02. The van der Waals surface area contributed by atoms with E-state index in [-0.39, 0.29) is 0 Å². The van der Waals surface area contributed by atoms with Gasteiger partial charge in [0.15, 0.2) is 0 Å². The molecule has 80 valence electrons. The van der Waals surface area contributed by atoms with Crippen LogP contribution in [0.5, 0.6) is 0 Å². The van der Waals surface area contributed by atoms with E-state index in [1.165, 1.54) is 15.8 Å². The second-order valence-corrected chi connectivity index (χ2v) is 4.92. The molecule has 1 aromatic rings. The number of halogens is 1. The fraction of sp³-hybridized carbons (Fsp3) is 0.600. The first-order chi connectivity index (χ1) is 6.84. The van der Waals surface area contributed by atoms with E-state index < -0.39 is 0 Å². The molecule has 0 spiro atoms. The van der Waals surface area contributed by atoms with Crippen molar-refractivity contribution in [3.63, 3.8) is 0 Å². The Hall–Kier alpha value is 0.100. The number of hydrogen-bond acceptors (Lipinski definition) is 3. The minimum Gasteiger partial charge on any atom is -0.385 e. The first-order valence-corrected chi connectivity index (χ1v) is 6.43. The molecule has 0 aliphatic heterocycles. The molecule has 0 fully saturated rings. The minimum atomic E-state index is 0.865. The summed E-state index contributed by atoms with van der Waals surface area (Å²) in [6, 6.07) is 2.09. The van der Waals surface area contributed by atoms with Crippen molar-refractivity contribution in [3.05, 3.63) is 20.8 Å². The van der Waals surface area contributed by atoms with Crippen LogP contribution in [0.2, 0.25) is 0 Å². The number of methoxy groups -OCH3 is 1. The van der Waals surface area contributed by atoms with Gasteiger partial charge in [0.25, 0.3) is 0 Å². The van der Waals surface area contributed by atoms with E-state index in [0.717, 1.165) is 26.1 Å². The number of thiophene rings is 1. The summed E-state index contributed by atoms with van der Waals surface area (Å²) in [6.07, 6.45) is 2.31. The van der Waals surface area contributed by atoms with Gasteiger partial charge in [0.05, 0.1) is 0 Å². The largest absolute Gasteiger partial charge is 0.385 e. The molecule has 4 heteroatoms. The lowest BCUT2D eigenvalue weighted by molar-refractivity contribution is 0.192. The minimum absolute atomic E-state index is 0.865. The van der Waals surface area contributed by atoms with Gasteiger partial charge in [-0.05, 0) is 46.8 Å². The van der Waals surface area contributed by atoms with E-state index in [1.807, 2.05) is 0 Å². The predicted octanol–water partition coefficient (Wildman–Crippen LogP) is 3.03. The van der Waals surface area contributed by atoms with Gasteiger partial charge in [-0.3, -0.25) is 0 Å². The molecule has 0 atom stereocenters. The van der Waals surface area contributed by atoms with Gasteiger partial charge in [0, 0.05) is 29.6 Å². The highest BCUT2D eigenvalue weighted by Crippen LogP contribution is 2.21. The van der Waals surface area contributed by atoms with Gasteiger partial charge in [0.1, 0.15) is 0 Å². The van der Waals surface area contributed by atoms with Crippen LogP contribution >= 0.6 is 27.3 Å². The number of ether oxygens (including phenoxy) is 1. The lowest BCUT2D eigenvalue weighted by Gasteiger charge is -2.03. The molecule has 1 aromatic heterocycles.